The quantitative estimate of drug-likeness (QED) is 0.423. The first kappa shape index (κ1) is 20.9. The molecule has 0 amide bonds. The highest BCUT2D eigenvalue weighted by Crippen LogP contribution is 2.58. The minimum atomic E-state index is -4.48. The van der Waals surface area contributed by atoms with E-state index in [0.717, 1.165) is 12.1 Å². The Bertz CT molecular complexity index is 1170. The molecule has 1 aliphatic carbocycles. The smallest absolute Gasteiger partial charge is 0.191 e. The lowest BCUT2D eigenvalue weighted by Crippen LogP contribution is -2.65. The van der Waals surface area contributed by atoms with Crippen LogP contribution in [0.25, 0.3) is 10.4 Å². The van der Waals surface area contributed by atoms with Gasteiger partial charge < -0.3 is 9.84 Å². The van der Waals surface area contributed by atoms with E-state index >= 15 is 4.39 Å². The van der Waals surface area contributed by atoms with Gasteiger partial charge in [0.05, 0.1) is 10.5 Å². The molecule has 30 heavy (non-hydrogen) atoms. The SMILES string of the molecule is [N-]=[N+]=N[C@@H]1CC[C@@]2(S(=O)(=O)c3ccc(Cl)cc3)c3c(F)ccc(F)c3OCC2(O)C1. The van der Waals surface area contributed by atoms with Gasteiger partial charge >= 0.3 is 0 Å². The Morgan fingerprint density at radius 2 is 1.87 bits per heavy atom. The number of benzene rings is 2. The zero-order valence-electron chi connectivity index (χ0n) is 15.4. The van der Waals surface area contributed by atoms with E-state index < -0.39 is 55.8 Å². The number of hydrogen-bond donors (Lipinski definition) is 1. The van der Waals surface area contributed by atoms with Crippen molar-refractivity contribution in [1.29, 1.82) is 0 Å². The molecule has 0 aromatic heterocycles. The number of sulfone groups is 1. The maximum Gasteiger partial charge on any atom is 0.191 e. The minimum absolute atomic E-state index is 0.0502. The number of rotatable bonds is 3. The van der Waals surface area contributed by atoms with E-state index in [9.17, 15) is 17.9 Å². The van der Waals surface area contributed by atoms with Gasteiger partial charge in [-0.3, -0.25) is 0 Å². The van der Waals surface area contributed by atoms with Crippen LogP contribution in [0.3, 0.4) is 0 Å². The Morgan fingerprint density at radius 1 is 1.20 bits per heavy atom. The average Bonchev–Trinajstić information content (AvgIpc) is 2.70. The predicted molar refractivity (Wildman–Crippen MR) is 104 cm³/mol. The van der Waals surface area contributed by atoms with E-state index in [0.29, 0.717) is 5.02 Å². The van der Waals surface area contributed by atoms with Gasteiger partial charge in [-0.1, -0.05) is 16.7 Å². The molecule has 0 spiro atoms. The van der Waals surface area contributed by atoms with Gasteiger partial charge in [0.15, 0.2) is 21.4 Å². The Labute approximate surface area is 175 Å². The molecule has 1 aliphatic heterocycles. The highest BCUT2D eigenvalue weighted by Gasteiger charge is 2.67. The van der Waals surface area contributed by atoms with Crippen molar-refractivity contribution < 1.29 is 27.0 Å². The summed E-state index contributed by atoms with van der Waals surface area (Å²) in [5.74, 6) is -2.49. The van der Waals surface area contributed by atoms with Crippen LogP contribution in [0.4, 0.5) is 8.78 Å². The first-order valence-electron chi connectivity index (χ1n) is 9.04. The molecule has 158 valence electrons. The lowest BCUT2D eigenvalue weighted by atomic mass is 9.68. The molecule has 1 fully saturated rings. The van der Waals surface area contributed by atoms with Gasteiger partial charge in [-0.15, -0.1) is 0 Å². The largest absolute Gasteiger partial charge is 0.487 e. The summed E-state index contributed by atoms with van der Waals surface area (Å²) in [4.78, 5) is 2.53. The van der Waals surface area contributed by atoms with Crippen molar-refractivity contribution >= 4 is 21.4 Å². The molecule has 4 rings (SSSR count). The molecule has 0 bridgehead atoms. The zero-order valence-corrected chi connectivity index (χ0v) is 17.0. The van der Waals surface area contributed by atoms with Crippen molar-refractivity contribution in [3.8, 4) is 5.75 Å². The molecule has 0 saturated heterocycles. The van der Waals surface area contributed by atoms with Crippen LogP contribution in [0.2, 0.25) is 5.02 Å². The van der Waals surface area contributed by atoms with Crippen LogP contribution >= 0.6 is 11.6 Å². The van der Waals surface area contributed by atoms with Crippen molar-refractivity contribution in [1.82, 2.24) is 0 Å². The van der Waals surface area contributed by atoms with E-state index in [4.69, 9.17) is 21.9 Å². The van der Waals surface area contributed by atoms with E-state index in [2.05, 4.69) is 10.0 Å². The van der Waals surface area contributed by atoms with Gasteiger partial charge in [0.2, 0.25) is 0 Å². The van der Waals surface area contributed by atoms with Crippen LogP contribution in [0.1, 0.15) is 24.8 Å². The van der Waals surface area contributed by atoms with Gasteiger partial charge in [0, 0.05) is 16.0 Å². The number of halogens is 3. The lowest BCUT2D eigenvalue weighted by molar-refractivity contribution is -0.0874. The lowest BCUT2D eigenvalue weighted by Gasteiger charge is -2.53. The number of aliphatic hydroxyl groups is 1. The van der Waals surface area contributed by atoms with Gasteiger partial charge in [-0.05, 0) is 61.2 Å². The normalized spacial score (nSPS) is 27.9. The number of azide groups is 1. The van der Waals surface area contributed by atoms with Gasteiger partial charge in [0.1, 0.15) is 22.8 Å². The molecule has 1 N–H and O–H groups in total. The summed E-state index contributed by atoms with van der Waals surface area (Å²) in [6, 6.07) is 6.14. The van der Waals surface area contributed by atoms with Crippen molar-refractivity contribution in [2.45, 2.75) is 40.5 Å². The fourth-order valence-electron chi connectivity index (χ4n) is 4.54. The Balaban J connectivity index is 2.04. The molecule has 1 saturated carbocycles. The number of ether oxygens (including phenoxy) is 1. The van der Waals surface area contributed by atoms with E-state index in [-0.39, 0.29) is 24.2 Å². The number of fused-ring (bicyclic) bond motifs is 3. The van der Waals surface area contributed by atoms with Crippen LogP contribution in [0.15, 0.2) is 46.4 Å². The number of nitrogens with zero attached hydrogens (tertiary/aromatic N) is 3. The Kier molecular flexibility index (Phi) is 4.93. The van der Waals surface area contributed by atoms with Crippen LogP contribution in [0, 0.1) is 11.6 Å². The predicted octanol–water partition coefficient (Wildman–Crippen LogP) is 4.27. The van der Waals surface area contributed by atoms with Crippen LogP contribution in [-0.2, 0) is 14.6 Å². The molecule has 1 unspecified atom stereocenters. The first-order valence-corrected chi connectivity index (χ1v) is 10.9. The summed E-state index contributed by atoms with van der Waals surface area (Å²) in [6.07, 6.45) is -0.539. The molecule has 7 nitrogen and oxygen atoms in total. The third-order valence-corrected chi connectivity index (χ3v) is 8.72. The van der Waals surface area contributed by atoms with Crippen molar-refractivity contribution in [2.24, 2.45) is 5.11 Å². The molecule has 11 heteroatoms. The second kappa shape index (κ2) is 7.09. The maximum absolute atomic E-state index is 15.1. The summed E-state index contributed by atoms with van der Waals surface area (Å²) in [6.45, 7) is -0.607. The summed E-state index contributed by atoms with van der Waals surface area (Å²) in [7, 11) is -4.48. The fraction of sp³-hybridized carbons (Fsp3) is 0.368. The third kappa shape index (κ3) is 2.79. The van der Waals surface area contributed by atoms with Crippen LogP contribution in [-0.4, -0.2) is 31.8 Å². The summed E-state index contributed by atoms with van der Waals surface area (Å²) >= 11 is 5.87. The molecule has 3 atom stereocenters. The minimum Gasteiger partial charge on any atom is -0.487 e. The highest BCUT2D eigenvalue weighted by molar-refractivity contribution is 7.92. The molecule has 2 aromatic carbocycles. The molecular weight excluding hydrogens is 440 g/mol. The van der Waals surface area contributed by atoms with Crippen molar-refractivity contribution in [3.05, 3.63) is 69.1 Å². The van der Waals surface area contributed by atoms with Gasteiger partial charge in [-0.25, -0.2) is 17.2 Å². The Morgan fingerprint density at radius 3 is 2.53 bits per heavy atom. The summed E-state index contributed by atoms with van der Waals surface area (Å²) in [5, 5.41) is 15.4. The molecule has 2 aliphatic rings. The average molecular weight is 456 g/mol. The van der Waals surface area contributed by atoms with Gasteiger partial charge in [-0.2, -0.15) is 0 Å². The molecular formula is C19H16ClF2N3O4S. The van der Waals surface area contributed by atoms with E-state index in [1.54, 1.807) is 0 Å². The molecule has 1 heterocycles. The van der Waals surface area contributed by atoms with Gasteiger partial charge in [0.25, 0.3) is 0 Å². The van der Waals surface area contributed by atoms with Crippen molar-refractivity contribution in [2.75, 3.05) is 6.61 Å². The zero-order chi connectivity index (χ0) is 21.7. The first-order chi connectivity index (χ1) is 14.2. The number of hydrogen-bond acceptors (Lipinski definition) is 5. The van der Waals surface area contributed by atoms with E-state index in [1.165, 1.54) is 24.3 Å². The second-order valence-corrected chi connectivity index (χ2v) is 10.1. The van der Waals surface area contributed by atoms with Crippen LogP contribution < -0.4 is 4.74 Å². The second-order valence-electron chi connectivity index (χ2n) is 7.44. The Hall–Kier alpha value is -2.39. The monoisotopic (exact) mass is 455 g/mol. The fourth-order valence-corrected chi connectivity index (χ4v) is 7.05. The van der Waals surface area contributed by atoms with Crippen LogP contribution in [0.5, 0.6) is 5.75 Å². The third-order valence-electron chi connectivity index (χ3n) is 5.87. The highest BCUT2D eigenvalue weighted by atomic mass is 35.5. The topological polar surface area (TPSA) is 112 Å². The molecule has 2 aromatic rings. The van der Waals surface area contributed by atoms with E-state index in [1.807, 2.05) is 0 Å². The maximum atomic E-state index is 15.1. The summed E-state index contributed by atoms with van der Waals surface area (Å²) in [5.41, 5.74) is 6.06. The van der Waals surface area contributed by atoms with Crippen molar-refractivity contribution in [3.63, 3.8) is 0 Å². The summed E-state index contributed by atoms with van der Waals surface area (Å²) < 4.78 is 60.4. The standard InChI is InChI=1S/C19H16ClF2N3O4S/c20-11-1-3-13(4-2-11)30(27,28)19-8-7-12(24-25-23)9-18(19,26)10-29-17-15(22)6-5-14(21)16(17)19/h1-6,12,26H,7-10H2/t12-,18?,19-/m1/s1. The molecule has 0 radical (unpaired) electrons.